The summed E-state index contributed by atoms with van der Waals surface area (Å²) in [6, 6.07) is 11.9. The summed E-state index contributed by atoms with van der Waals surface area (Å²) in [4.78, 5) is 20.5. The van der Waals surface area contributed by atoms with Crippen LogP contribution in [-0.4, -0.2) is 36.0 Å². The van der Waals surface area contributed by atoms with Crippen molar-refractivity contribution < 1.29 is 23.5 Å². The second-order valence-corrected chi connectivity index (χ2v) is 9.18. The van der Waals surface area contributed by atoms with Crippen molar-refractivity contribution in [1.82, 2.24) is 4.90 Å². The molecule has 0 radical (unpaired) electrons. The van der Waals surface area contributed by atoms with Crippen molar-refractivity contribution in [2.45, 2.75) is 46.3 Å². The third-order valence-corrected chi connectivity index (χ3v) is 5.18. The topological polar surface area (TPSA) is 60.4 Å². The van der Waals surface area contributed by atoms with Crippen LogP contribution in [0.25, 0.3) is 0 Å². The molecule has 0 saturated carbocycles. The molecule has 4 rings (SSSR count). The maximum Gasteiger partial charge on any atom is 0.231 e. The van der Waals surface area contributed by atoms with Crippen LogP contribution in [0.2, 0.25) is 0 Å². The fourth-order valence-corrected chi connectivity index (χ4v) is 3.65. The third kappa shape index (κ3) is 5.34. The van der Waals surface area contributed by atoms with Gasteiger partial charge in [-0.25, -0.2) is 4.39 Å². The van der Waals surface area contributed by atoms with Gasteiger partial charge in [0, 0.05) is 24.9 Å². The molecule has 2 heterocycles. The number of hydrogen-bond donors (Lipinski definition) is 0. The minimum atomic E-state index is -0.294. The summed E-state index contributed by atoms with van der Waals surface area (Å²) in [6.07, 6.45) is 0.754. The molecule has 31 heavy (non-hydrogen) atoms. The second-order valence-electron chi connectivity index (χ2n) is 9.18. The van der Waals surface area contributed by atoms with E-state index >= 15 is 0 Å². The Balaban J connectivity index is 1.44. The average molecular weight is 426 g/mol. The van der Waals surface area contributed by atoms with E-state index in [2.05, 4.69) is 5.16 Å². The van der Waals surface area contributed by atoms with Gasteiger partial charge in [-0.2, -0.15) is 0 Å². The number of carbonyl (C=O) groups excluding carboxylic acids is 1. The molecule has 0 spiro atoms. The number of fused-ring (bicyclic) bond motifs is 1. The Morgan fingerprint density at radius 2 is 1.87 bits per heavy atom. The van der Waals surface area contributed by atoms with Crippen molar-refractivity contribution in [1.29, 1.82) is 0 Å². The van der Waals surface area contributed by atoms with Gasteiger partial charge in [0.1, 0.15) is 5.82 Å². The fraction of sp³-hybridized carbons (Fsp3) is 0.417. The first-order valence-corrected chi connectivity index (χ1v) is 10.4. The van der Waals surface area contributed by atoms with Gasteiger partial charge in [0.25, 0.3) is 0 Å². The Morgan fingerprint density at radius 3 is 2.61 bits per heavy atom. The molecule has 0 bridgehead atoms. The van der Waals surface area contributed by atoms with Crippen LogP contribution in [0.1, 0.15) is 44.7 Å². The van der Waals surface area contributed by atoms with Crippen molar-refractivity contribution in [3.8, 4) is 11.5 Å². The molecule has 0 fully saturated rings. The molecular formula is C24H27FN2O4. The number of ether oxygens (including phenoxy) is 2. The van der Waals surface area contributed by atoms with E-state index in [1.807, 2.05) is 39.0 Å². The molecule has 0 aromatic heterocycles. The molecule has 1 unspecified atom stereocenters. The Hall–Kier alpha value is -3.09. The highest BCUT2D eigenvalue weighted by molar-refractivity contribution is 6.01. The van der Waals surface area contributed by atoms with Crippen LogP contribution in [0.15, 0.2) is 47.6 Å². The molecule has 2 aromatic rings. The summed E-state index contributed by atoms with van der Waals surface area (Å²) >= 11 is 0. The van der Waals surface area contributed by atoms with Crippen molar-refractivity contribution in [2.24, 2.45) is 10.6 Å². The summed E-state index contributed by atoms with van der Waals surface area (Å²) in [6.45, 7) is 7.13. The average Bonchev–Trinajstić information content (AvgIpc) is 3.36. The summed E-state index contributed by atoms with van der Waals surface area (Å²) in [5, 5.41) is 4.25. The predicted molar refractivity (Wildman–Crippen MR) is 114 cm³/mol. The van der Waals surface area contributed by atoms with Crippen LogP contribution < -0.4 is 9.47 Å². The first kappa shape index (κ1) is 21.2. The van der Waals surface area contributed by atoms with Gasteiger partial charge in [-0.15, -0.1) is 0 Å². The first-order valence-electron chi connectivity index (χ1n) is 10.4. The minimum Gasteiger partial charge on any atom is -0.454 e. The van der Waals surface area contributed by atoms with Crippen LogP contribution in [0, 0.1) is 11.2 Å². The highest BCUT2D eigenvalue weighted by Gasteiger charge is 2.29. The molecule has 1 amide bonds. The highest BCUT2D eigenvalue weighted by Crippen LogP contribution is 2.34. The standard InChI is InChI=1S/C24H27FN2O4/c1-24(2,3)12-23(28)27(13-16-4-7-18(25)8-5-16)14-19-11-20(26-31-19)17-6-9-21-22(10-17)30-15-29-21/h4-10,19H,11-15H2,1-3H3. The number of oxime groups is 1. The van der Waals surface area contributed by atoms with Gasteiger partial charge in [0.05, 0.1) is 12.3 Å². The number of hydrogen-bond acceptors (Lipinski definition) is 5. The van der Waals surface area contributed by atoms with E-state index in [1.165, 1.54) is 12.1 Å². The second kappa shape index (κ2) is 8.57. The number of amides is 1. The maximum atomic E-state index is 13.3. The molecule has 6 nitrogen and oxygen atoms in total. The Labute approximate surface area is 181 Å². The van der Waals surface area contributed by atoms with E-state index in [9.17, 15) is 9.18 Å². The summed E-state index contributed by atoms with van der Waals surface area (Å²) < 4.78 is 24.1. The lowest BCUT2D eigenvalue weighted by molar-refractivity contribution is -0.135. The first-order chi connectivity index (χ1) is 14.8. The fourth-order valence-electron chi connectivity index (χ4n) is 3.65. The van der Waals surface area contributed by atoms with Crippen molar-refractivity contribution in [3.63, 3.8) is 0 Å². The predicted octanol–water partition coefficient (Wildman–Crippen LogP) is 4.51. The van der Waals surface area contributed by atoms with Crippen LogP contribution in [0.3, 0.4) is 0 Å². The number of benzene rings is 2. The van der Waals surface area contributed by atoms with Gasteiger partial charge in [-0.3, -0.25) is 4.79 Å². The number of carbonyl (C=O) groups is 1. The van der Waals surface area contributed by atoms with Crippen LogP contribution >= 0.6 is 0 Å². The van der Waals surface area contributed by atoms with Gasteiger partial charge in [0.15, 0.2) is 17.6 Å². The molecule has 1 atom stereocenters. The lowest BCUT2D eigenvalue weighted by Crippen LogP contribution is -2.38. The zero-order chi connectivity index (χ0) is 22.0. The Morgan fingerprint density at radius 1 is 1.13 bits per heavy atom. The molecule has 2 aliphatic heterocycles. The van der Waals surface area contributed by atoms with Crippen molar-refractivity contribution in [2.75, 3.05) is 13.3 Å². The zero-order valence-electron chi connectivity index (χ0n) is 18.1. The smallest absolute Gasteiger partial charge is 0.231 e. The third-order valence-electron chi connectivity index (χ3n) is 5.18. The number of halogens is 1. The molecule has 0 N–H and O–H groups in total. The van der Waals surface area contributed by atoms with E-state index in [4.69, 9.17) is 14.3 Å². The van der Waals surface area contributed by atoms with Gasteiger partial charge in [-0.1, -0.05) is 38.1 Å². The van der Waals surface area contributed by atoms with E-state index in [0.29, 0.717) is 31.7 Å². The largest absolute Gasteiger partial charge is 0.454 e. The lowest BCUT2D eigenvalue weighted by Gasteiger charge is -2.28. The van der Waals surface area contributed by atoms with E-state index < -0.39 is 0 Å². The summed E-state index contributed by atoms with van der Waals surface area (Å²) in [5.74, 6) is 1.16. The number of nitrogens with zero attached hydrogens (tertiary/aromatic N) is 2. The normalized spacial score (nSPS) is 17.3. The summed E-state index contributed by atoms with van der Waals surface area (Å²) in [5.41, 5.74) is 2.47. The monoisotopic (exact) mass is 426 g/mol. The number of rotatable bonds is 6. The Bertz CT molecular complexity index is 982. The molecule has 0 aliphatic carbocycles. The van der Waals surface area contributed by atoms with E-state index in [1.54, 1.807) is 17.0 Å². The molecule has 0 saturated heterocycles. The summed E-state index contributed by atoms with van der Waals surface area (Å²) in [7, 11) is 0. The van der Waals surface area contributed by atoms with Gasteiger partial charge >= 0.3 is 0 Å². The van der Waals surface area contributed by atoms with E-state index in [0.717, 1.165) is 22.6 Å². The highest BCUT2D eigenvalue weighted by atomic mass is 19.1. The minimum absolute atomic E-state index is 0.0388. The Kier molecular flexibility index (Phi) is 5.85. The quantitative estimate of drug-likeness (QED) is 0.682. The zero-order valence-corrected chi connectivity index (χ0v) is 18.1. The SMILES string of the molecule is CC(C)(C)CC(=O)N(Cc1ccc(F)cc1)CC1CC(c2ccc3c(c2)OCO3)=NO1. The van der Waals surface area contributed by atoms with E-state index in [-0.39, 0.29) is 30.0 Å². The molecule has 164 valence electrons. The maximum absolute atomic E-state index is 13.3. The lowest BCUT2D eigenvalue weighted by atomic mass is 9.91. The van der Waals surface area contributed by atoms with Crippen LogP contribution in [0.5, 0.6) is 11.5 Å². The van der Waals surface area contributed by atoms with Gasteiger partial charge < -0.3 is 19.2 Å². The van der Waals surface area contributed by atoms with Crippen molar-refractivity contribution in [3.05, 3.63) is 59.4 Å². The van der Waals surface area contributed by atoms with Crippen molar-refractivity contribution >= 4 is 11.6 Å². The molecule has 7 heteroatoms. The van der Waals surface area contributed by atoms with Crippen LogP contribution in [0.4, 0.5) is 4.39 Å². The molecular weight excluding hydrogens is 399 g/mol. The molecule has 2 aliphatic rings. The molecule has 2 aromatic carbocycles. The van der Waals surface area contributed by atoms with Gasteiger partial charge in [0.2, 0.25) is 12.7 Å². The van der Waals surface area contributed by atoms with Gasteiger partial charge in [-0.05, 0) is 41.3 Å². The van der Waals surface area contributed by atoms with Crippen LogP contribution in [-0.2, 0) is 16.2 Å².